The second-order valence-electron chi connectivity index (χ2n) is 3.23. The number of nitrogens with two attached hydrogens (primary N) is 1. The van der Waals surface area contributed by atoms with Crippen molar-refractivity contribution in [3.05, 3.63) is 0 Å². The van der Waals surface area contributed by atoms with Gasteiger partial charge in [0.15, 0.2) is 0 Å². The zero-order chi connectivity index (χ0) is 9.59. The van der Waals surface area contributed by atoms with Gasteiger partial charge in [0.1, 0.15) is 6.04 Å². The first-order valence-electron chi connectivity index (χ1n) is 4.03. The standard InChI is InChI=1S/C7H10N2O3S/c8-3-1-5-9(6(3)10)4(2-13-5)7(11)12/h3-5H,1-2,8H2,(H,11,12)/t3-,4-,5+/m1/s1. The summed E-state index contributed by atoms with van der Waals surface area (Å²) in [7, 11) is 0. The Morgan fingerprint density at radius 1 is 1.69 bits per heavy atom. The summed E-state index contributed by atoms with van der Waals surface area (Å²) in [6, 6.07) is -1.17. The van der Waals surface area contributed by atoms with Gasteiger partial charge in [0.2, 0.25) is 5.91 Å². The number of carboxylic acid groups (broad SMARTS) is 1. The molecule has 0 aromatic rings. The van der Waals surface area contributed by atoms with Crippen molar-refractivity contribution in [3.63, 3.8) is 0 Å². The van der Waals surface area contributed by atoms with Crippen molar-refractivity contribution < 1.29 is 14.7 Å². The Labute approximate surface area is 79.3 Å². The van der Waals surface area contributed by atoms with Crippen LogP contribution in [0.5, 0.6) is 0 Å². The highest BCUT2D eigenvalue weighted by molar-refractivity contribution is 8.00. The Hall–Kier alpha value is -0.750. The lowest BCUT2D eigenvalue weighted by Crippen LogP contribution is -2.44. The molecule has 6 heteroatoms. The van der Waals surface area contributed by atoms with Crippen molar-refractivity contribution >= 4 is 23.6 Å². The molecule has 2 aliphatic heterocycles. The zero-order valence-corrected chi connectivity index (χ0v) is 7.66. The van der Waals surface area contributed by atoms with Crippen LogP contribution in [0, 0.1) is 0 Å². The minimum Gasteiger partial charge on any atom is -0.480 e. The fourth-order valence-corrected chi connectivity index (χ4v) is 3.20. The average molecular weight is 202 g/mol. The van der Waals surface area contributed by atoms with Gasteiger partial charge < -0.3 is 15.7 Å². The second-order valence-corrected chi connectivity index (χ2v) is 4.44. The first-order chi connectivity index (χ1) is 6.11. The van der Waals surface area contributed by atoms with E-state index in [0.29, 0.717) is 12.2 Å². The van der Waals surface area contributed by atoms with Crippen LogP contribution in [-0.4, -0.2) is 45.1 Å². The lowest BCUT2D eigenvalue weighted by Gasteiger charge is -2.19. The van der Waals surface area contributed by atoms with Gasteiger partial charge in [-0.25, -0.2) is 4.79 Å². The molecule has 2 fully saturated rings. The normalized spacial score (nSPS) is 38.1. The smallest absolute Gasteiger partial charge is 0.327 e. The van der Waals surface area contributed by atoms with E-state index in [1.807, 2.05) is 0 Å². The topological polar surface area (TPSA) is 83.6 Å². The van der Waals surface area contributed by atoms with E-state index in [2.05, 4.69) is 0 Å². The molecule has 0 unspecified atom stereocenters. The number of hydrogen-bond acceptors (Lipinski definition) is 4. The molecule has 2 rings (SSSR count). The van der Waals surface area contributed by atoms with Gasteiger partial charge in [-0.05, 0) is 0 Å². The van der Waals surface area contributed by atoms with Gasteiger partial charge in [0.05, 0.1) is 11.4 Å². The van der Waals surface area contributed by atoms with E-state index in [1.165, 1.54) is 16.7 Å². The third-order valence-electron chi connectivity index (χ3n) is 2.40. The molecule has 0 aliphatic carbocycles. The summed E-state index contributed by atoms with van der Waals surface area (Å²) in [6.45, 7) is 0. The van der Waals surface area contributed by atoms with E-state index in [1.54, 1.807) is 0 Å². The molecule has 2 saturated heterocycles. The van der Waals surface area contributed by atoms with Crippen LogP contribution in [0.15, 0.2) is 0 Å². The molecule has 0 aromatic heterocycles. The summed E-state index contributed by atoms with van der Waals surface area (Å²) < 4.78 is 0. The van der Waals surface area contributed by atoms with E-state index in [-0.39, 0.29) is 11.3 Å². The maximum absolute atomic E-state index is 11.4. The Balaban J connectivity index is 2.21. The van der Waals surface area contributed by atoms with Crippen molar-refractivity contribution in [2.24, 2.45) is 5.73 Å². The summed E-state index contributed by atoms with van der Waals surface area (Å²) >= 11 is 1.50. The number of carbonyl (C=O) groups is 2. The number of rotatable bonds is 1. The number of thioether (sulfide) groups is 1. The maximum Gasteiger partial charge on any atom is 0.327 e. The summed E-state index contributed by atoms with van der Waals surface area (Å²) in [6.07, 6.45) is 0.577. The molecule has 2 aliphatic rings. The molecule has 3 N–H and O–H groups in total. The van der Waals surface area contributed by atoms with Crippen molar-refractivity contribution in [2.75, 3.05) is 5.75 Å². The third-order valence-corrected chi connectivity index (χ3v) is 3.72. The molecule has 0 aromatic carbocycles. The first-order valence-corrected chi connectivity index (χ1v) is 5.08. The highest BCUT2D eigenvalue weighted by atomic mass is 32.2. The number of nitrogens with zero attached hydrogens (tertiary/aromatic N) is 1. The Bertz CT molecular complexity index is 270. The minimum absolute atomic E-state index is 0.0106. The monoisotopic (exact) mass is 202 g/mol. The highest BCUT2D eigenvalue weighted by Crippen LogP contribution is 2.36. The van der Waals surface area contributed by atoms with Crippen LogP contribution in [0.25, 0.3) is 0 Å². The molecule has 0 bridgehead atoms. The molecule has 1 amide bonds. The van der Waals surface area contributed by atoms with E-state index in [0.717, 1.165) is 0 Å². The number of fused-ring (bicyclic) bond motifs is 1. The minimum atomic E-state index is -0.933. The molecular formula is C7H10N2O3S. The SMILES string of the molecule is N[C@@H]1C[C@@H]2SC[C@H](C(=O)O)N2C1=O. The van der Waals surface area contributed by atoms with Gasteiger partial charge in [0.25, 0.3) is 0 Å². The number of hydrogen-bond donors (Lipinski definition) is 2. The number of aliphatic carboxylic acids is 1. The summed E-state index contributed by atoms with van der Waals surface area (Å²) in [4.78, 5) is 23.6. The molecule has 0 spiro atoms. The lowest BCUT2D eigenvalue weighted by molar-refractivity contribution is -0.147. The van der Waals surface area contributed by atoms with Gasteiger partial charge in [-0.15, -0.1) is 11.8 Å². The summed E-state index contributed by atoms with van der Waals surface area (Å²) in [5.74, 6) is -0.668. The molecule has 5 nitrogen and oxygen atoms in total. The van der Waals surface area contributed by atoms with Gasteiger partial charge in [-0.2, -0.15) is 0 Å². The number of amides is 1. The van der Waals surface area contributed by atoms with Gasteiger partial charge in [0, 0.05) is 12.2 Å². The summed E-state index contributed by atoms with van der Waals surface area (Å²) in [5.41, 5.74) is 5.53. The molecule has 0 radical (unpaired) electrons. The van der Waals surface area contributed by atoms with Crippen molar-refractivity contribution in [1.82, 2.24) is 4.90 Å². The molecule has 2 heterocycles. The van der Waals surface area contributed by atoms with E-state index in [9.17, 15) is 9.59 Å². The van der Waals surface area contributed by atoms with Crippen LogP contribution in [-0.2, 0) is 9.59 Å². The van der Waals surface area contributed by atoms with Crippen LogP contribution < -0.4 is 5.73 Å². The lowest BCUT2D eigenvalue weighted by atomic mass is 10.3. The Kier molecular flexibility index (Phi) is 1.96. The van der Waals surface area contributed by atoms with E-state index >= 15 is 0 Å². The number of carbonyl (C=O) groups excluding carboxylic acids is 1. The van der Waals surface area contributed by atoms with Crippen LogP contribution >= 0.6 is 11.8 Å². The molecular weight excluding hydrogens is 192 g/mol. The van der Waals surface area contributed by atoms with Crippen molar-refractivity contribution in [3.8, 4) is 0 Å². The van der Waals surface area contributed by atoms with Gasteiger partial charge in [-0.1, -0.05) is 0 Å². The second kappa shape index (κ2) is 2.88. The third kappa shape index (κ3) is 1.21. The van der Waals surface area contributed by atoms with Crippen LogP contribution in [0.2, 0.25) is 0 Å². The average Bonchev–Trinajstić information content (AvgIpc) is 2.55. The summed E-state index contributed by atoms with van der Waals surface area (Å²) in [5, 5.41) is 8.81. The zero-order valence-electron chi connectivity index (χ0n) is 6.84. The maximum atomic E-state index is 11.4. The quantitative estimate of drug-likeness (QED) is 0.574. The predicted octanol–water partition coefficient (Wildman–Crippen LogP) is -0.928. The molecule has 0 saturated carbocycles. The van der Waals surface area contributed by atoms with Gasteiger partial charge in [-0.3, -0.25) is 4.79 Å². The first kappa shape index (κ1) is 8.83. The highest BCUT2D eigenvalue weighted by Gasteiger charge is 2.48. The van der Waals surface area contributed by atoms with E-state index in [4.69, 9.17) is 10.8 Å². The van der Waals surface area contributed by atoms with Crippen LogP contribution in [0.3, 0.4) is 0 Å². The molecule has 72 valence electrons. The fraction of sp³-hybridized carbons (Fsp3) is 0.714. The molecule has 3 atom stereocenters. The van der Waals surface area contributed by atoms with E-state index < -0.39 is 18.1 Å². The van der Waals surface area contributed by atoms with Crippen LogP contribution in [0.1, 0.15) is 6.42 Å². The van der Waals surface area contributed by atoms with Crippen molar-refractivity contribution in [1.29, 1.82) is 0 Å². The largest absolute Gasteiger partial charge is 0.480 e. The van der Waals surface area contributed by atoms with Crippen molar-refractivity contribution in [2.45, 2.75) is 23.9 Å². The van der Waals surface area contributed by atoms with Crippen LogP contribution in [0.4, 0.5) is 0 Å². The Morgan fingerprint density at radius 2 is 2.38 bits per heavy atom. The number of carboxylic acids is 1. The fourth-order valence-electron chi connectivity index (χ4n) is 1.74. The molecule has 13 heavy (non-hydrogen) atoms. The van der Waals surface area contributed by atoms with Gasteiger partial charge >= 0.3 is 5.97 Å². The Morgan fingerprint density at radius 3 is 3.00 bits per heavy atom. The predicted molar refractivity (Wildman–Crippen MR) is 47.1 cm³/mol.